The highest BCUT2D eigenvalue weighted by Crippen LogP contribution is 2.20. The molecule has 1 aliphatic heterocycles. The fourth-order valence-electron chi connectivity index (χ4n) is 8.17. The van der Waals surface area contributed by atoms with Gasteiger partial charge >= 0.3 is 0 Å². The van der Waals surface area contributed by atoms with Crippen molar-refractivity contribution in [3.05, 3.63) is 30.0 Å². The van der Waals surface area contributed by atoms with Crippen molar-refractivity contribution in [2.45, 2.75) is 145 Å². The molecule has 1 aromatic heterocycles. The Labute approximate surface area is 470 Å². The van der Waals surface area contributed by atoms with Gasteiger partial charge in [-0.05, 0) is 103 Å². The molecule has 8 atom stereocenters. The summed E-state index contributed by atoms with van der Waals surface area (Å²) in [7, 11) is 0. The molecule has 0 unspecified atom stereocenters. The first-order chi connectivity index (χ1) is 38.8. The average Bonchev–Trinajstić information content (AvgIpc) is 4.23. The summed E-state index contributed by atoms with van der Waals surface area (Å²) >= 11 is 0. The highest BCUT2D eigenvalue weighted by molar-refractivity contribution is 6.40. The largest absolute Gasteiger partial charge is 0.389 e. The van der Waals surface area contributed by atoms with E-state index in [0.29, 0.717) is 63.9 Å². The van der Waals surface area contributed by atoms with Crippen LogP contribution in [0.3, 0.4) is 0 Å². The minimum absolute atomic E-state index is 0.0340. The van der Waals surface area contributed by atoms with Crippen molar-refractivity contribution in [2.75, 3.05) is 65.4 Å². The summed E-state index contributed by atoms with van der Waals surface area (Å²) < 4.78 is 0. The lowest BCUT2D eigenvalue weighted by Gasteiger charge is -2.28. The zero-order valence-corrected chi connectivity index (χ0v) is 46.1. The zero-order valence-electron chi connectivity index (χ0n) is 46.1. The van der Waals surface area contributed by atoms with E-state index in [4.69, 9.17) is 51.6 Å². The number of aromatic amines is 1. The number of carbonyl (C=O) groups is 9. The van der Waals surface area contributed by atoms with Crippen LogP contribution < -0.4 is 88.8 Å². The first-order valence-electron chi connectivity index (χ1n) is 27.3. The van der Waals surface area contributed by atoms with Crippen molar-refractivity contribution in [2.24, 2.45) is 61.6 Å². The Balaban J connectivity index is 2.36. The van der Waals surface area contributed by atoms with Crippen LogP contribution in [-0.2, 0) is 49.6 Å². The third-order valence-corrected chi connectivity index (χ3v) is 12.7. The SMILES string of the molecule is NCCCCCNC(=O)/C(=C/CCN=C(N)N)NC(=O)[C@H](CCCCN)NC(=O)[C@H](Cc1cnc[nH]1)NC(=O)[C@@H]1CCCN1C(=O)C(CCCN)=NC(=O)CNC(=O)[C@@H](NC(=O)[C@@H](NC(=O)[C@@H](N)CCCCN)[C@@H](O)CN)[C@@H](O)CN. The van der Waals surface area contributed by atoms with Crippen molar-refractivity contribution in [1.82, 2.24) is 52.1 Å². The molecule has 9 amide bonds. The zero-order chi connectivity index (χ0) is 60.3. The van der Waals surface area contributed by atoms with Crippen molar-refractivity contribution < 1.29 is 53.4 Å². The standard InChI is InChI=1S/C49H89N21O11/c50-16-4-1-7-20-60-42(75)31(14-9-21-61-49(57)58)65-43(76)32(12-3-6-18-52)66-44(77)34(23-29-26-59-28-63-29)67-45(78)35-15-10-22-70(35)48(81)33(13-8-19-53)64-38(73)27-62-46(79)39(36(71)24-54)69-47(80)40(37(72)25-55)68-41(74)30(56)11-2-5-17-51/h14,26,28,30,32,34-37,39-40,71-72H,1-13,15-25,27,50-56H2,(H,59,63)(H,60,75)(H,62,79)(H,65,76)(H,66,77)(H,67,78)(H,68,74)(H,69,80)(H4,57,58,61)/b31-14-,64-33?/t30-,32-,34-,35-,36-,37-,39-,40-/m0/s1. The Bertz CT molecular complexity index is 2250. The summed E-state index contributed by atoms with van der Waals surface area (Å²) in [4.78, 5) is 139. The van der Waals surface area contributed by atoms with Crippen LogP contribution in [0.2, 0.25) is 0 Å². The molecule has 0 radical (unpaired) electrons. The lowest BCUT2D eigenvalue weighted by atomic mass is 10.1. The molecule has 0 bridgehead atoms. The van der Waals surface area contributed by atoms with Crippen LogP contribution in [0, 0.1) is 0 Å². The molecule has 0 saturated carbocycles. The van der Waals surface area contributed by atoms with Crippen molar-refractivity contribution in [1.29, 1.82) is 0 Å². The molecule has 28 N–H and O–H groups in total. The predicted molar refractivity (Wildman–Crippen MR) is 300 cm³/mol. The Morgan fingerprint density at radius 3 is 1.98 bits per heavy atom. The fraction of sp³-hybridized carbons (Fsp3) is 0.673. The van der Waals surface area contributed by atoms with Crippen molar-refractivity contribution in [3.63, 3.8) is 0 Å². The monoisotopic (exact) mass is 1150 g/mol. The van der Waals surface area contributed by atoms with Gasteiger partial charge in [-0.25, -0.2) is 9.98 Å². The van der Waals surface area contributed by atoms with Crippen LogP contribution in [0.4, 0.5) is 0 Å². The van der Waals surface area contributed by atoms with E-state index in [-0.39, 0.29) is 88.5 Å². The third kappa shape index (κ3) is 26.0. The summed E-state index contributed by atoms with van der Waals surface area (Å²) in [6.07, 6.45) is 5.76. The van der Waals surface area contributed by atoms with E-state index in [0.717, 1.165) is 12.8 Å². The van der Waals surface area contributed by atoms with Gasteiger partial charge in [0.2, 0.25) is 35.4 Å². The number of amides is 9. The van der Waals surface area contributed by atoms with E-state index >= 15 is 0 Å². The summed E-state index contributed by atoms with van der Waals surface area (Å²) in [6, 6.07) is -8.44. The lowest BCUT2D eigenvalue weighted by molar-refractivity contribution is -0.136. The summed E-state index contributed by atoms with van der Waals surface area (Å²) in [5.74, 6) is -8.01. The second-order valence-corrected chi connectivity index (χ2v) is 19.2. The number of carbonyl (C=O) groups excluding carboxylic acids is 9. The molecule has 1 aliphatic rings. The van der Waals surface area contributed by atoms with Gasteiger partial charge in [0.15, 0.2) is 5.96 Å². The summed E-state index contributed by atoms with van der Waals surface area (Å²) in [5, 5.41) is 38.8. The number of aromatic nitrogens is 2. The average molecular weight is 1150 g/mol. The van der Waals surface area contributed by atoms with Crippen LogP contribution >= 0.6 is 0 Å². The van der Waals surface area contributed by atoms with Gasteiger partial charge in [0.25, 0.3) is 17.7 Å². The fourth-order valence-corrected chi connectivity index (χ4v) is 8.17. The van der Waals surface area contributed by atoms with Crippen LogP contribution in [-0.4, -0.2) is 204 Å². The van der Waals surface area contributed by atoms with E-state index in [1.54, 1.807) is 0 Å². The van der Waals surface area contributed by atoms with E-state index in [2.05, 4.69) is 57.2 Å². The van der Waals surface area contributed by atoms with Crippen LogP contribution in [0.15, 0.2) is 34.3 Å². The predicted octanol–water partition coefficient (Wildman–Crippen LogP) is -8.16. The number of nitrogens with one attached hydrogen (secondary N) is 8. The van der Waals surface area contributed by atoms with Gasteiger partial charge in [0.05, 0.1) is 31.1 Å². The maximum atomic E-state index is 14.3. The Morgan fingerprint density at radius 2 is 1.36 bits per heavy atom. The molecule has 456 valence electrons. The summed E-state index contributed by atoms with van der Waals surface area (Å²) in [6.45, 7) is -0.301. The molecule has 2 heterocycles. The van der Waals surface area contributed by atoms with Crippen LogP contribution in [0.25, 0.3) is 0 Å². The molecule has 32 nitrogen and oxygen atoms in total. The normalized spacial score (nSPS) is 16.1. The number of unbranched alkanes of at least 4 members (excludes halogenated alkanes) is 4. The van der Waals surface area contributed by atoms with Gasteiger partial charge in [-0.15, -0.1) is 0 Å². The molecule has 0 spiro atoms. The number of aliphatic hydroxyl groups is 2. The molecular weight excluding hydrogens is 1060 g/mol. The minimum Gasteiger partial charge on any atom is -0.389 e. The molecular formula is C49H89N21O11. The Kier molecular flexibility index (Phi) is 34.1. The van der Waals surface area contributed by atoms with E-state index in [9.17, 15) is 53.4 Å². The quantitative estimate of drug-likeness (QED) is 0.0126. The second-order valence-electron chi connectivity index (χ2n) is 19.2. The highest BCUT2D eigenvalue weighted by atomic mass is 16.3. The highest BCUT2D eigenvalue weighted by Gasteiger charge is 2.39. The van der Waals surface area contributed by atoms with Gasteiger partial charge in [-0.1, -0.05) is 18.9 Å². The Morgan fingerprint density at radius 1 is 0.728 bits per heavy atom. The maximum Gasteiger partial charge on any atom is 0.269 e. The van der Waals surface area contributed by atoms with E-state index < -0.39 is 121 Å². The smallest absolute Gasteiger partial charge is 0.269 e. The molecule has 1 saturated heterocycles. The van der Waals surface area contributed by atoms with Crippen LogP contribution in [0.1, 0.15) is 95.6 Å². The van der Waals surface area contributed by atoms with Crippen LogP contribution in [0.5, 0.6) is 0 Å². The molecule has 0 aliphatic carbocycles. The molecule has 1 aromatic rings. The van der Waals surface area contributed by atoms with Gasteiger partial charge in [0, 0.05) is 51.0 Å². The second kappa shape index (κ2) is 39.4. The van der Waals surface area contributed by atoms with Crippen molar-refractivity contribution >= 4 is 64.8 Å². The Hall–Kier alpha value is -7.04. The van der Waals surface area contributed by atoms with Crippen molar-refractivity contribution in [3.8, 4) is 0 Å². The minimum atomic E-state index is -1.84. The number of nitrogens with two attached hydrogens (primary N) is 9. The number of hydrogen-bond acceptors (Lipinski definition) is 20. The number of guanidine groups is 1. The molecule has 1 fully saturated rings. The lowest BCUT2D eigenvalue weighted by Crippen LogP contribution is -2.63. The molecule has 0 aromatic carbocycles. The summed E-state index contributed by atoms with van der Waals surface area (Å²) in [5.41, 5.74) is 50.7. The van der Waals surface area contributed by atoms with Gasteiger partial charge in [-0.3, -0.25) is 48.1 Å². The molecule has 32 heteroatoms. The molecule has 2 rings (SSSR count). The van der Waals surface area contributed by atoms with E-state index in [1.807, 2.05) is 0 Å². The third-order valence-electron chi connectivity index (χ3n) is 12.7. The topological polar surface area (TPSA) is 569 Å². The molecule has 81 heavy (non-hydrogen) atoms. The number of hydrogen-bond donors (Lipinski definition) is 19. The van der Waals surface area contributed by atoms with Gasteiger partial charge in [-0.2, -0.15) is 0 Å². The number of rotatable bonds is 40. The van der Waals surface area contributed by atoms with Gasteiger partial charge in [0.1, 0.15) is 41.6 Å². The number of aliphatic imine (C=N–C) groups is 2. The number of nitrogens with zero attached hydrogens (tertiary/aromatic N) is 4. The number of H-pyrrole nitrogens is 1. The first-order valence-corrected chi connectivity index (χ1v) is 27.3. The number of aliphatic hydroxyl groups excluding tert-OH is 2. The number of likely N-dealkylation sites (tertiary alicyclic amines) is 1. The number of imidazole rings is 1. The first kappa shape index (κ1) is 70.1. The maximum absolute atomic E-state index is 14.3. The van der Waals surface area contributed by atoms with Gasteiger partial charge < -0.3 is 109 Å². The van der Waals surface area contributed by atoms with E-state index in [1.165, 1.54) is 23.5 Å².